The van der Waals surface area contributed by atoms with Gasteiger partial charge in [-0.1, -0.05) is 90.5 Å². The van der Waals surface area contributed by atoms with E-state index in [-0.39, 0.29) is 0 Å². The van der Waals surface area contributed by atoms with E-state index in [9.17, 15) is 9.90 Å². The average Bonchev–Trinajstić information content (AvgIpc) is 2.88. The first kappa shape index (κ1) is 19.5. The molecule has 0 radical (unpaired) electrons. The molecule has 4 heteroatoms. The second-order valence-electron chi connectivity index (χ2n) is 7.32. The molecular weight excluding hydrogens is 378 g/mol. The molecule has 3 aromatic rings. The van der Waals surface area contributed by atoms with E-state index in [1.807, 2.05) is 12.1 Å². The zero-order chi connectivity index (χ0) is 20.4. The fourth-order valence-corrected chi connectivity index (χ4v) is 5.17. The van der Waals surface area contributed by atoms with E-state index in [4.69, 9.17) is 5.73 Å². The van der Waals surface area contributed by atoms with Gasteiger partial charge in [0, 0.05) is 5.75 Å². The number of carboxylic acids is 1. The van der Waals surface area contributed by atoms with Gasteiger partial charge in [0.25, 0.3) is 0 Å². The molecule has 0 saturated heterocycles. The van der Waals surface area contributed by atoms with E-state index >= 15 is 0 Å². The molecule has 1 aliphatic rings. The zero-order valence-corrected chi connectivity index (χ0v) is 17.0. The minimum Gasteiger partial charge on any atom is -0.480 e. The quantitative estimate of drug-likeness (QED) is 0.626. The molecule has 3 N–H and O–H groups in total. The van der Waals surface area contributed by atoms with Crippen LogP contribution in [0.5, 0.6) is 0 Å². The molecule has 0 fully saturated rings. The van der Waals surface area contributed by atoms with Crippen LogP contribution in [0.1, 0.15) is 22.3 Å². The Morgan fingerprint density at radius 1 is 1.00 bits per heavy atom. The van der Waals surface area contributed by atoms with Crippen LogP contribution >= 0.6 is 11.8 Å². The van der Waals surface area contributed by atoms with Gasteiger partial charge >= 0.3 is 5.97 Å². The number of hydrogen-bond acceptors (Lipinski definition) is 3. The molecule has 1 aliphatic carbocycles. The van der Waals surface area contributed by atoms with E-state index in [2.05, 4.69) is 79.7 Å². The Bertz CT molecular complexity index is 1070. The monoisotopic (exact) mass is 401 g/mol. The number of carbonyl (C=O) groups is 1. The van der Waals surface area contributed by atoms with Crippen molar-refractivity contribution in [2.45, 2.75) is 17.7 Å². The molecular formula is C25H23NO2S. The second kappa shape index (κ2) is 7.90. The predicted molar refractivity (Wildman–Crippen MR) is 121 cm³/mol. The molecule has 0 heterocycles. The van der Waals surface area contributed by atoms with Gasteiger partial charge in [-0.2, -0.15) is 0 Å². The Labute approximate surface area is 175 Å². The summed E-state index contributed by atoms with van der Waals surface area (Å²) in [6.45, 7) is 2.07. The largest absolute Gasteiger partial charge is 0.480 e. The molecule has 0 aromatic heterocycles. The first-order valence-electron chi connectivity index (χ1n) is 9.59. The van der Waals surface area contributed by atoms with E-state index in [1.54, 1.807) is 11.8 Å². The number of thioether (sulfide) groups is 1. The maximum absolute atomic E-state index is 11.4. The summed E-state index contributed by atoms with van der Waals surface area (Å²) >= 11 is 1.57. The minimum absolute atomic E-state index is 0.304. The Balaban J connectivity index is 1.95. The maximum atomic E-state index is 11.4. The van der Waals surface area contributed by atoms with Gasteiger partial charge in [-0.25, -0.2) is 0 Å². The van der Waals surface area contributed by atoms with Crippen molar-refractivity contribution >= 4 is 23.8 Å². The number of rotatable bonds is 5. The molecule has 0 saturated carbocycles. The highest BCUT2D eigenvalue weighted by Crippen LogP contribution is 2.50. The number of aryl methyl sites for hydroxylation is 1. The highest BCUT2D eigenvalue weighted by atomic mass is 32.2. The van der Waals surface area contributed by atoms with Gasteiger partial charge in [0.15, 0.2) is 0 Å². The van der Waals surface area contributed by atoms with Crippen LogP contribution in [-0.2, 0) is 9.54 Å². The Kier molecular flexibility index (Phi) is 5.31. The van der Waals surface area contributed by atoms with Gasteiger partial charge in [0.1, 0.15) is 6.04 Å². The molecule has 0 bridgehead atoms. The van der Waals surface area contributed by atoms with Crippen molar-refractivity contribution in [2.75, 3.05) is 5.75 Å². The number of carboxylic acid groups (broad SMARTS) is 1. The Morgan fingerprint density at radius 3 is 2.38 bits per heavy atom. The first-order valence-corrected chi connectivity index (χ1v) is 10.6. The SMILES string of the molecule is Cc1ccc(C2(SCC(N)C(=O)O)C=Cc3ccccc3-c3ccccc32)cc1. The molecule has 29 heavy (non-hydrogen) atoms. The van der Waals surface area contributed by atoms with Crippen LogP contribution < -0.4 is 5.73 Å². The normalized spacial score (nSPS) is 18.4. The number of fused-ring (bicyclic) bond motifs is 3. The number of benzene rings is 3. The summed E-state index contributed by atoms with van der Waals surface area (Å²) in [6, 6.07) is 24.3. The maximum Gasteiger partial charge on any atom is 0.321 e. The van der Waals surface area contributed by atoms with Crippen molar-refractivity contribution in [3.05, 3.63) is 101 Å². The van der Waals surface area contributed by atoms with Crippen LogP contribution in [0, 0.1) is 6.92 Å². The molecule has 2 atom stereocenters. The average molecular weight is 402 g/mol. The Hall–Kier alpha value is -2.82. The van der Waals surface area contributed by atoms with Crippen LogP contribution in [0.25, 0.3) is 17.2 Å². The molecule has 4 rings (SSSR count). The highest BCUT2D eigenvalue weighted by molar-refractivity contribution is 8.00. The van der Waals surface area contributed by atoms with Gasteiger partial charge in [-0.05, 0) is 34.7 Å². The second-order valence-corrected chi connectivity index (χ2v) is 8.59. The van der Waals surface area contributed by atoms with Gasteiger partial charge in [0.05, 0.1) is 4.75 Å². The summed E-state index contributed by atoms with van der Waals surface area (Å²) in [6.07, 6.45) is 4.34. The summed E-state index contributed by atoms with van der Waals surface area (Å²) in [5.74, 6) is -0.677. The van der Waals surface area contributed by atoms with Crippen LogP contribution in [-0.4, -0.2) is 22.9 Å². The summed E-state index contributed by atoms with van der Waals surface area (Å²) in [5, 5.41) is 9.34. The lowest BCUT2D eigenvalue weighted by atomic mass is 9.86. The summed E-state index contributed by atoms with van der Waals surface area (Å²) in [4.78, 5) is 11.4. The van der Waals surface area contributed by atoms with Crippen molar-refractivity contribution in [1.82, 2.24) is 0 Å². The lowest BCUT2D eigenvalue weighted by Crippen LogP contribution is -2.35. The minimum atomic E-state index is -0.981. The van der Waals surface area contributed by atoms with Crippen LogP contribution in [0.2, 0.25) is 0 Å². The molecule has 0 aliphatic heterocycles. The van der Waals surface area contributed by atoms with Crippen molar-refractivity contribution in [3.8, 4) is 11.1 Å². The smallest absolute Gasteiger partial charge is 0.321 e. The third-order valence-electron chi connectivity index (χ3n) is 5.36. The lowest BCUT2D eigenvalue weighted by Gasteiger charge is -2.33. The third kappa shape index (κ3) is 3.61. The number of hydrogen-bond donors (Lipinski definition) is 2. The van der Waals surface area contributed by atoms with Gasteiger partial charge in [-0.15, -0.1) is 11.8 Å². The summed E-state index contributed by atoms with van der Waals surface area (Å²) in [7, 11) is 0. The van der Waals surface area contributed by atoms with Crippen molar-refractivity contribution < 1.29 is 9.90 Å². The Morgan fingerprint density at radius 2 is 1.66 bits per heavy atom. The van der Waals surface area contributed by atoms with Crippen LogP contribution in [0.15, 0.2) is 78.9 Å². The molecule has 2 unspecified atom stereocenters. The predicted octanol–water partition coefficient (Wildman–Crippen LogP) is 5.08. The fraction of sp³-hybridized carbons (Fsp3) is 0.160. The summed E-state index contributed by atoms with van der Waals surface area (Å²) < 4.78 is -0.531. The van der Waals surface area contributed by atoms with Gasteiger partial charge in [-0.3, -0.25) is 4.79 Å². The van der Waals surface area contributed by atoms with Gasteiger partial charge in [0.2, 0.25) is 0 Å². The van der Waals surface area contributed by atoms with Crippen LogP contribution in [0.3, 0.4) is 0 Å². The van der Waals surface area contributed by atoms with Crippen molar-refractivity contribution in [1.29, 1.82) is 0 Å². The van der Waals surface area contributed by atoms with E-state index in [0.717, 1.165) is 22.3 Å². The molecule has 3 aromatic carbocycles. The van der Waals surface area contributed by atoms with Crippen molar-refractivity contribution in [2.24, 2.45) is 5.73 Å². The number of nitrogens with two attached hydrogens (primary N) is 1. The molecule has 146 valence electrons. The number of aliphatic carboxylic acids is 1. The topological polar surface area (TPSA) is 63.3 Å². The van der Waals surface area contributed by atoms with E-state index in [1.165, 1.54) is 11.1 Å². The lowest BCUT2D eigenvalue weighted by molar-refractivity contribution is -0.137. The standard InChI is InChI=1S/C25H23NO2S/c1-17-10-12-19(13-11-17)25(29-16-23(26)24(27)28)15-14-18-6-2-3-7-20(18)21-8-4-5-9-22(21)25/h2-15,23H,16,26H2,1H3,(H,27,28). The fourth-order valence-electron chi connectivity index (χ4n) is 3.78. The van der Waals surface area contributed by atoms with Gasteiger partial charge < -0.3 is 10.8 Å². The first-order chi connectivity index (χ1) is 14.0. The zero-order valence-electron chi connectivity index (χ0n) is 16.2. The van der Waals surface area contributed by atoms with Crippen LogP contribution in [0.4, 0.5) is 0 Å². The molecule has 0 spiro atoms. The molecule has 0 amide bonds. The molecule has 3 nitrogen and oxygen atoms in total. The van der Waals surface area contributed by atoms with Crippen molar-refractivity contribution in [3.63, 3.8) is 0 Å². The van der Waals surface area contributed by atoms with E-state index < -0.39 is 16.8 Å². The third-order valence-corrected chi connectivity index (χ3v) is 6.94. The van der Waals surface area contributed by atoms with E-state index in [0.29, 0.717) is 5.75 Å². The highest BCUT2D eigenvalue weighted by Gasteiger charge is 2.37. The summed E-state index contributed by atoms with van der Waals surface area (Å²) in [5.41, 5.74) is 12.8.